The molecule has 2 nitrogen and oxygen atoms in total. The molecule has 0 amide bonds. The van der Waals surface area contributed by atoms with Crippen molar-refractivity contribution >= 4 is 0 Å². The van der Waals surface area contributed by atoms with Gasteiger partial charge in [0.1, 0.15) is 0 Å². The smallest absolute Gasteiger partial charge is 0.0728 e. The number of hydrogen-bond acceptors (Lipinski definition) is 2. The number of ether oxygens (including phenoxy) is 1. The third-order valence-electron chi connectivity index (χ3n) is 3.71. The van der Waals surface area contributed by atoms with Gasteiger partial charge in [-0.05, 0) is 57.2 Å². The molecule has 2 N–H and O–H groups in total. The minimum Gasteiger partial charge on any atom is -0.377 e. The number of rotatable bonds is 7. The fraction of sp³-hybridized carbons (Fsp3) is 0.647. The molecule has 0 fully saturated rings. The zero-order valence-electron chi connectivity index (χ0n) is 13.1. The summed E-state index contributed by atoms with van der Waals surface area (Å²) in [5.74, 6) is 0. The topological polar surface area (TPSA) is 35.2 Å². The van der Waals surface area contributed by atoms with Crippen LogP contribution in [0.5, 0.6) is 0 Å². The van der Waals surface area contributed by atoms with E-state index >= 15 is 0 Å². The van der Waals surface area contributed by atoms with Crippen LogP contribution in [0.1, 0.15) is 48.9 Å². The van der Waals surface area contributed by atoms with Crippen molar-refractivity contribution in [1.82, 2.24) is 0 Å². The lowest BCUT2D eigenvalue weighted by atomic mass is 9.92. The zero-order valence-corrected chi connectivity index (χ0v) is 13.1. The van der Waals surface area contributed by atoms with Gasteiger partial charge >= 0.3 is 0 Å². The molecule has 0 radical (unpaired) electrons. The lowest BCUT2D eigenvalue weighted by Crippen LogP contribution is -2.39. The van der Waals surface area contributed by atoms with Gasteiger partial charge in [0.15, 0.2) is 0 Å². The summed E-state index contributed by atoms with van der Waals surface area (Å²) < 4.78 is 5.79. The minimum atomic E-state index is 0.0833. The van der Waals surface area contributed by atoms with Crippen LogP contribution in [-0.2, 0) is 11.2 Å². The van der Waals surface area contributed by atoms with E-state index in [0.717, 1.165) is 25.9 Å². The van der Waals surface area contributed by atoms with E-state index in [1.54, 1.807) is 0 Å². The van der Waals surface area contributed by atoms with Gasteiger partial charge in [-0.15, -0.1) is 0 Å². The molecule has 0 spiro atoms. The quantitative estimate of drug-likeness (QED) is 0.814. The Labute approximate surface area is 118 Å². The van der Waals surface area contributed by atoms with E-state index in [1.807, 2.05) is 6.92 Å². The van der Waals surface area contributed by atoms with Crippen molar-refractivity contribution in [2.75, 3.05) is 6.61 Å². The standard InChI is InChI=1S/C17H29NO/c1-6-8-17(19-7-2)16(18)11-15-13(4)9-12(3)10-14(15)5/h9-10,16-17H,6-8,11,18H2,1-5H3. The molecule has 0 bridgehead atoms. The van der Waals surface area contributed by atoms with Gasteiger partial charge in [0, 0.05) is 12.6 Å². The van der Waals surface area contributed by atoms with Crippen LogP contribution < -0.4 is 5.73 Å². The van der Waals surface area contributed by atoms with Crippen LogP contribution in [0.25, 0.3) is 0 Å². The molecule has 1 aromatic rings. The van der Waals surface area contributed by atoms with E-state index in [0.29, 0.717) is 0 Å². The minimum absolute atomic E-state index is 0.0833. The Hall–Kier alpha value is -0.860. The van der Waals surface area contributed by atoms with Gasteiger partial charge < -0.3 is 10.5 Å². The average Bonchev–Trinajstić information content (AvgIpc) is 2.33. The second-order valence-corrected chi connectivity index (χ2v) is 5.53. The van der Waals surface area contributed by atoms with E-state index in [9.17, 15) is 0 Å². The van der Waals surface area contributed by atoms with Gasteiger partial charge in [-0.3, -0.25) is 0 Å². The molecule has 19 heavy (non-hydrogen) atoms. The fourth-order valence-electron chi connectivity index (χ4n) is 2.82. The van der Waals surface area contributed by atoms with Crippen LogP contribution in [-0.4, -0.2) is 18.8 Å². The summed E-state index contributed by atoms with van der Waals surface area (Å²) in [6.45, 7) is 11.5. The van der Waals surface area contributed by atoms with Crippen LogP contribution in [0.4, 0.5) is 0 Å². The molecule has 0 saturated heterocycles. The summed E-state index contributed by atoms with van der Waals surface area (Å²) in [5.41, 5.74) is 11.8. The van der Waals surface area contributed by atoms with Crippen LogP contribution in [0.15, 0.2) is 12.1 Å². The Balaban J connectivity index is 2.82. The highest BCUT2D eigenvalue weighted by molar-refractivity contribution is 5.38. The van der Waals surface area contributed by atoms with Crippen molar-refractivity contribution in [2.24, 2.45) is 5.73 Å². The van der Waals surface area contributed by atoms with Crippen molar-refractivity contribution in [2.45, 2.75) is 66.0 Å². The normalized spacial score (nSPS) is 14.4. The SMILES string of the molecule is CCCC(OCC)C(N)Cc1c(C)cc(C)cc1C. The summed E-state index contributed by atoms with van der Waals surface area (Å²) in [4.78, 5) is 0. The molecule has 1 aromatic carbocycles. The summed E-state index contributed by atoms with van der Waals surface area (Å²) >= 11 is 0. The maximum Gasteiger partial charge on any atom is 0.0728 e. The van der Waals surface area contributed by atoms with E-state index in [1.165, 1.54) is 22.3 Å². The van der Waals surface area contributed by atoms with Crippen LogP contribution >= 0.6 is 0 Å². The molecule has 0 aromatic heterocycles. The second kappa shape index (κ2) is 7.66. The lowest BCUT2D eigenvalue weighted by molar-refractivity contribution is 0.0378. The van der Waals surface area contributed by atoms with Gasteiger partial charge in [-0.25, -0.2) is 0 Å². The zero-order chi connectivity index (χ0) is 14.4. The molecule has 108 valence electrons. The number of aryl methyl sites for hydroxylation is 3. The predicted molar refractivity (Wildman–Crippen MR) is 82.7 cm³/mol. The molecule has 0 aliphatic heterocycles. The average molecular weight is 263 g/mol. The highest BCUT2D eigenvalue weighted by Gasteiger charge is 2.19. The van der Waals surface area contributed by atoms with Crippen molar-refractivity contribution in [1.29, 1.82) is 0 Å². The van der Waals surface area contributed by atoms with Crippen LogP contribution in [0, 0.1) is 20.8 Å². The summed E-state index contributed by atoms with van der Waals surface area (Å²) in [6.07, 6.45) is 3.24. The van der Waals surface area contributed by atoms with E-state index in [2.05, 4.69) is 39.8 Å². The van der Waals surface area contributed by atoms with Gasteiger partial charge in [0.25, 0.3) is 0 Å². The monoisotopic (exact) mass is 263 g/mol. The highest BCUT2D eigenvalue weighted by Crippen LogP contribution is 2.20. The molecule has 2 unspecified atom stereocenters. The summed E-state index contributed by atoms with van der Waals surface area (Å²) in [6, 6.07) is 4.56. The number of nitrogens with two attached hydrogens (primary N) is 1. The van der Waals surface area contributed by atoms with Crippen molar-refractivity contribution in [3.05, 3.63) is 34.4 Å². The largest absolute Gasteiger partial charge is 0.377 e. The summed E-state index contributed by atoms with van der Waals surface area (Å²) in [7, 11) is 0. The Bertz CT molecular complexity index is 371. The van der Waals surface area contributed by atoms with Gasteiger partial charge in [0.2, 0.25) is 0 Å². The van der Waals surface area contributed by atoms with Gasteiger partial charge in [-0.2, -0.15) is 0 Å². The van der Waals surface area contributed by atoms with Crippen LogP contribution in [0.2, 0.25) is 0 Å². The molecule has 0 aliphatic rings. The molecule has 2 heteroatoms. The molecule has 0 heterocycles. The fourth-order valence-corrected chi connectivity index (χ4v) is 2.82. The number of benzene rings is 1. The predicted octanol–water partition coefficient (Wildman–Crippen LogP) is 3.69. The molecular weight excluding hydrogens is 234 g/mol. The first kappa shape index (κ1) is 16.2. The maximum atomic E-state index is 6.37. The molecular formula is C17H29NO. The first-order chi connectivity index (χ1) is 8.99. The van der Waals surface area contributed by atoms with Gasteiger partial charge in [-0.1, -0.05) is 31.0 Å². The van der Waals surface area contributed by atoms with E-state index in [-0.39, 0.29) is 12.1 Å². The summed E-state index contributed by atoms with van der Waals surface area (Å²) in [5, 5.41) is 0. The Morgan fingerprint density at radius 1 is 1.11 bits per heavy atom. The van der Waals surface area contributed by atoms with Crippen molar-refractivity contribution < 1.29 is 4.74 Å². The Morgan fingerprint density at radius 2 is 1.68 bits per heavy atom. The Kier molecular flexibility index (Phi) is 6.53. The molecule has 0 aliphatic carbocycles. The highest BCUT2D eigenvalue weighted by atomic mass is 16.5. The lowest BCUT2D eigenvalue weighted by Gasteiger charge is -2.25. The third kappa shape index (κ3) is 4.63. The molecule has 0 saturated carbocycles. The van der Waals surface area contributed by atoms with Crippen molar-refractivity contribution in [3.8, 4) is 0 Å². The maximum absolute atomic E-state index is 6.37. The third-order valence-corrected chi connectivity index (χ3v) is 3.71. The first-order valence-corrected chi connectivity index (χ1v) is 7.43. The first-order valence-electron chi connectivity index (χ1n) is 7.43. The van der Waals surface area contributed by atoms with E-state index in [4.69, 9.17) is 10.5 Å². The molecule has 2 atom stereocenters. The van der Waals surface area contributed by atoms with E-state index < -0.39 is 0 Å². The van der Waals surface area contributed by atoms with Gasteiger partial charge in [0.05, 0.1) is 6.10 Å². The second-order valence-electron chi connectivity index (χ2n) is 5.53. The molecule has 1 rings (SSSR count). The Morgan fingerprint density at radius 3 is 2.16 bits per heavy atom. The van der Waals surface area contributed by atoms with Crippen LogP contribution in [0.3, 0.4) is 0 Å². The number of hydrogen-bond donors (Lipinski definition) is 1. The van der Waals surface area contributed by atoms with Crippen molar-refractivity contribution in [3.63, 3.8) is 0 Å².